The highest BCUT2D eigenvalue weighted by atomic mass is 16.5. The van der Waals surface area contributed by atoms with E-state index in [0.717, 1.165) is 5.56 Å². The molecule has 0 atom stereocenters. The molecule has 0 heterocycles. The Balaban J connectivity index is 2.21. The van der Waals surface area contributed by atoms with Crippen LogP contribution in [-0.4, -0.2) is 12.3 Å². The normalized spacial score (nSPS) is 9.83. The van der Waals surface area contributed by atoms with Crippen molar-refractivity contribution >= 4 is 12.3 Å². The Bertz CT molecular complexity index is 588. The van der Waals surface area contributed by atoms with Gasteiger partial charge in [0.2, 0.25) is 0 Å². The molecule has 0 saturated heterocycles. The average molecular weight is 240 g/mol. The van der Waals surface area contributed by atoms with E-state index < -0.39 is 5.97 Å². The summed E-state index contributed by atoms with van der Waals surface area (Å²) in [7, 11) is 0. The number of aldehydes is 1. The minimum absolute atomic E-state index is 0.368. The molecule has 3 heteroatoms. The lowest BCUT2D eigenvalue weighted by Gasteiger charge is -2.06. The van der Waals surface area contributed by atoms with Gasteiger partial charge in [0.15, 0.2) is 0 Å². The van der Waals surface area contributed by atoms with Gasteiger partial charge in [-0.2, -0.15) is 0 Å². The first-order valence-corrected chi connectivity index (χ1v) is 5.54. The lowest BCUT2D eigenvalue weighted by molar-refractivity contribution is 0.0733. The van der Waals surface area contributed by atoms with E-state index in [1.807, 2.05) is 19.1 Å². The van der Waals surface area contributed by atoms with Crippen molar-refractivity contribution in [2.24, 2.45) is 0 Å². The van der Waals surface area contributed by atoms with Crippen LogP contribution in [0.25, 0.3) is 0 Å². The van der Waals surface area contributed by atoms with Crippen LogP contribution in [-0.2, 0) is 0 Å². The third-order valence-electron chi connectivity index (χ3n) is 2.57. The highest BCUT2D eigenvalue weighted by Crippen LogP contribution is 2.15. The molecule has 18 heavy (non-hydrogen) atoms. The molecule has 0 saturated carbocycles. The van der Waals surface area contributed by atoms with E-state index in [1.54, 1.807) is 30.3 Å². The Labute approximate surface area is 105 Å². The zero-order valence-corrected chi connectivity index (χ0v) is 9.92. The van der Waals surface area contributed by atoms with Gasteiger partial charge < -0.3 is 4.74 Å². The highest BCUT2D eigenvalue weighted by molar-refractivity contribution is 5.92. The minimum atomic E-state index is -0.420. The molecule has 2 aromatic rings. The molecule has 2 rings (SSSR count). The van der Waals surface area contributed by atoms with Crippen LogP contribution < -0.4 is 4.74 Å². The molecule has 0 bridgehead atoms. The Morgan fingerprint density at radius 2 is 1.89 bits per heavy atom. The second-order valence-corrected chi connectivity index (χ2v) is 3.89. The first kappa shape index (κ1) is 12.0. The third-order valence-corrected chi connectivity index (χ3v) is 2.57. The van der Waals surface area contributed by atoms with E-state index in [1.165, 1.54) is 6.07 Å². The minimum Gasteiger partial charge on any atom is -0.423 e. The summed E-state index contributed by atoms with van der Waals surface area (Å²) < 4.78 is 5.23. The van der Waals surface area contributed by atoms with Gasteiger partial charge in [-0.3, -0.25) is 4.79 Å². The van der Waals surface area contributed by atoms with E-state index in [0.29, 0.717) is 23.2 Å². The van der Waals surface area contributed by atoms with Crippen molar-refractivity contribution in [1.29, 1.82) is 0 Å². The Hall–Kier alpha value is -2.42. The lowest BCUT2D eigenvalue weighted by atomic mass is 10.1. The summed E-state index contributed by atoms with van der Waals surface area (Å²) >= 11 is 0. The number of carbonyl (C=O) groups is 2. The van der Waals surface area contributed by atoms with E-state index in [-0.39, 0.29) is 0 Å². The van der Waals surface area contributed by atoms with Crippen LogP contribution in [0.2, 0.25) is 0 Å². The summed E-state index contributed by atoms with van der Waals surface area (Å²) in [5.74, 6) is -0.0518. The summed E-state index contributed by atoms with van der Waals surface area (Å²) in [6.45, 7) is 1.85. The number of aryl methyl sites for hydroxylation is 1. The van der Waals surface area contributed by atoms with E-state index in [4.69, 9.17) is 4.74 Å². The van der Waals surface area contributed by atoms with Crippen LogP contribution in [0.1, 0.15) is 26.3 Å². The van der Waals surface area contributed by atoms with Gasteiger partial charge in [-0.1, -0.05) is 30.3 Å². The van der Waals surface area contributed by atoms with Crippen molar-refractivity contribution in [3.05, 3.63) is 65.2 Å². The smallest absolute Gasteiger partial charge is 0.343 e. The van der Waals surface area contributed by atoms with Crippen LogP contribution in [0.3, 0.4) is 0 Å². The van der Waals surface area contributed by atoms with Crippen molar-refractivity contribution < 1.29 is 14.3 Å². The lowest BCUT2D eigenvalue weighted by Crippen LogP contribution is -2.10. The van der Waals surface area contributed by atoms with Gasteiger partial charge >= 0.3 is 5.97 Å². The summed E-state index contributed by atoms with van der Waals surface area (Å²) in [6.07, 6.45) is 0.713. The second kappa shape index (κ2) is 5.27. The largest absolute Gasteiger partial charge is 0.423 e. The second-order valence-electron chi connectivity index (χ2n) is 3.89. The monoisotopic (exact) mass is 240 g/mol. The van der Waals surface area contributed by atoms with Crippen molar-refractivity contribution in [3.8, 4) is 5.75 Å². The quantitative estimate of drug-likeness (QED) is 0.470. The predicted octanol–water partition coefficient (Wildman–Crippen LogP) is 3.03. The molecule has 0 aliphatic rings. The van der Waals surface area contributed by atoms with Crippen LogP contribution in [0.5, 0.6) is 5.75 Å². The van der Waals surface area contributed by atoms with Gasteiger partial charge in [-0.15, -0.1) is 0 Å². The van der Waals surface area contributed by atoms with Gasteiger partial charge in [-0.05, 0) is 30.7 Å². The van der Waals surface area contributed by atoms with Crippen molar-refractivity contribution in [2.75, 3.05) is 0 Å². The molecular weight excluding hydrogens is 228 g/mol. The van der Waals surface area contributed by atoms with Crippen molar-refractivity contribution in [3.63, 3.8) is 0 Å². The molecule has 0 N–H and O–H groups in total. The number of hydrogen-bond acceptors (Lipinski definition) is 3. The first-order chi connectivity index (χ1) is 8.70. The molecule has 0 aromatic heterocycles. The van der Waals surface area contributed by atoms with Crippen LogP contribution >= 0.6 is 0 Å². The molecule has 2 aromatic carbocycles. The molecule has 0 aliphatic carbocycles. The molecule has 0 aliphatic heterocycles. The summed E-state index contributed by atoms with van der Waals surface area (Å²) in [5.41, 5.74) is 1.85. The molecule has 0 amide bonds. The number of esters is 1. The van der Waals surface area contributed by atoms with Crippen LogP contribution in [0.15, 0.2) is 48.5 Å². The molecule has 90 valence electrons. The zero-order chi connectivity index (χ0) is 13.0. The SMILES string of the molecule is Cc1ccccc1C(=O)Oc1cccc(C=O)c1. The van der Waals surface area contributed by atoms with E-state index in [2.05, 4.69) is 0 Å². The number of ether oxygens (including phenoxy) is 1. The molecule has 3 nitrogen and oxygen atoms in total. The van der Waals surface area contributed by atoms with Crippen LogP contribution in [0.4, 0.5) is 0 Å². The fraction of sp³-hybridized carbons (Fsp3) is 0.0667. The third kappa shape index (κ3) is 2.63. The van der Waals surface area contributed by atoms with Gasteiger partial charge in [0.1, 0.15) is 12.0 Å². The zero-order valence-electron chi connectivity index (χ0n) is 9.92. The Morgan fingerprint density at radius 1 is 1.11 bits per heavy atom. The van der Waals surface area contributed by atoms with Crippen LogP contribution in [0, 0.1) is 6.92 Å². The van der Waals surface area contributed by atoms with E-state index >= 15 is 0 Å². The highest BCUT2D eigenvalue weighted by Gasteiger charge is 2.10. The summed E-state index contributed by atoms with van der Waals surface area (Å²) in [6, 6.07) is 13.7. The first-order valence-electron chi connectivity index (χ1n) is 5.54. The standard InChI is InChI=1S/C15H12O3/c1-11-5-2-3-8-14(11)15(17)18-13-7-4-6-12(9-13)10-16/h2-10H,1H3. The fourth-order valence-electron chi connectivity index (χ4n) is 1.62. The van der Waals surface area contributed by atoms with Gasteiger partial charge in [0.25, 0.3) is 0 Å². The molecule has 0 fully saturated rings. The summed E-state index contributed by atoms with van der Waals surface area (Å²) in [4.78, 5) is 22.6. The molecule has 0 spiro atoms. The van der Waals surface area contributed by atoms with E-state index in [9.17, 15) is 9.59 Å². The number of carbonyl (C=O) groups excluding carboxylic acids is 2. The summed E-state index contributed by atoms with van der Waals surface area (Å²) in [5, 5.41) is 0. The predicted molar refractivity (Wildman–Crippen MR) is 68.0 cm³/mol. The average Bonchev–Trinajstić information content (AvgIpc) is 2.39. The Morgan fingerprint density at radius 3 is 2.61 bits per heavy atom. The maximum Gasteiger partial charge on any atom is 0.343 e. The van der Waals surface area contributed by atoms with Gasteiger partial charge in [0.05, 0.1) is 5.56 Å². The molecular formula is C15H12O3. The topological polar surface area (TPSA) is 43.4 Å². The van der Waals surface area contributed by atoms with Crippen molar-refractivity contribution in [2.45, 2.75) is 6.92 Å². The molecule has 0 radical (unpaired) electrons. The molecule has 0 unspecified atom stereocenters. The maximum atomic E-state index is 11.9. The Kier molecular flexibility index (Phi) is 3.53. The fourth-order valence-corrected chi connectivity index (χ4v) is 1.62. The number of rotatable bonds is 3. The van der Waals surface area contributed by atoms with Gasteiger partial charge in [0, 0.05) is 5.56 Å². The maximum absolute atomic E-state index is 11.9. The van der Waals surface area contributed by atoms with Gasteiger partial charge in [-0.25, -0.2) is 4.79 Å². The number of hydrogen-bond donors (Lipinski definition) is 0. The number of benzene rings is 2. The van der Waals surface area contributed by atoms with Crippen molar-refractivity contribution in [1.82, 2.24) is 0 Å².